The van der Waals surface area contributed by atoms with E-state index in [0.29, 0.717) is 5.96 Å². The molecule has 76 valence electrons. The minimum absolute atomic E-state index is 0.623. The van der Waals surface area contributed by atoms with E-state index < -0.39 is 0 Å². The molecule has 1 N–H and O–H groups in total. The van der Waals surface area contributed by atoms with Gasteiger partial charge in [0, 0.05) is 42.3 Å². The summed E-state index contributed by atoms with van der Waals surface area (Å²) < 4.78 is 0. The van der Waals surface area contributed by atoms with Crippen LogP contribution in [0, 0.1) is 0 Å². The molecule has 0 atom stereocenters. The van der Waals surface area contributed by atoms with Crippen LogP contribution in [0.5, 0.6) is 0 Å². The van der Waals surface area contributed by atoms with Crippen molar-refractivity contribution in [3.8, 4) is 0 Å². The van der Waals surface area contributed by atoms with Crippen molar-refractivity contribution < 1.29 is 0 Å². The highest BCUT2D eigenvalue weighted by Crippen LogP contribution is 1.89. The predicted molar refractivity (Wildman–Crippen MR) is 57.2 cm³/mol. The van der Waals surface area contributed by atoms with E-state index in [4.69, 9.17) is 0 Å². The number of nitrogens with zero attached hydrogens (tertiary/aromatic N) is 4. The van der Waals surface area contributed by atoms with Crippen LogP contribution in [0.4, 0.5) is 0 Å². The average molecular weight is 185 g/mol. The van der Waals surface area contributed by atoms with E-state index in [0.717, 1.165) is 5.96 Å². The normalized spacial score (nSPS) is 10.8. The molecule has 0 aliphatic rings. The Morgan fingerprint density at radius 2 is 1.54 bits per heavy atom. The minimum Gasteiger partial charge on any atom is -0.358 e. The van der Waals surface area contributed by atoms with Gasteiger partial charge in [0.05, 0.1) is 0 Å². The molecule has 5 heteroatoms. The largest absolute Gasteiger partial charge is 0.358 e. The van der Waals surface area contributed by atoms with Crippen LogP contribution in [-0.4, -0.2) is 64.0 Å². The number of hydrogen-bond donors (Lipinski definition) is 1. The summed E-state index contributed by atoms with van der Waals surface area (Å²) >= 11 is 0. The fourth-order valence-electron chi connectivity index (χ4n) is 0.912. The van der Waals surface area contributed by atoms with Crippen LogP contribution in [-0.2, 0) is 0 Å². The molecule has 0 bridgehead atoms. The highest BCUT2D eigenvalue weighted by Gasteiger charge is 2.04. The first-order valence-electron chi connectivity index (χ1n) is 4.10. The van der Waals surface area contributed by atoms with Gasteiger partial charge in [0.25, 0.3) is 0 Å². The van der Waals surface area contributed by atoms with Gasteiger partial charge in [0.15, 0.2) is 0 Å². The number of nitrogens with one attached hydrogen (secondary N) is 1. The first kappa shape index (κ1) is 11.7. The molecule has 0 amide bonds. The Morgan fingerprint density at radius 1 is 1.08 bits per heavy atom. The van der Waals surface area contributed by atoms with Crippen molar-refractivity contribution in [2.75, 3.05) is 42.3 Å². The molecule has 0 unspecified atom stereocenters. The summed E-state index contributed by atoms with van der Waals surface area (Å²) in [4.78, 5) is 12.2. The Bertz CT molecular complexity index is 195. The molecule has 5 nitrogen and oxygen atoms in total. The molecule has 0 aromatic rings. The molecule has 0 heterocycles. The van der Waals surface area contributed by atoms with Crippen molar-refractivity contribution in [2.45, 2.75) is 0 Å². The van der Waals surface area contributed by atoms with Crippen molar-refractivity contribution in [1.82, 2.24) is 15.1 Å². The number of guanidine groups is 2. The van der Waals surface area contributed by atoms with Gasteiger partial charge in [-0.15, -0.1) is 0 Å². The Morgan fingerprint density at radius 3 is 1.77 bits per heavy atom. The third kappa shape index (κ3) is 3.78. The van der Waals surface area contributed by atoms with Gasteiger partial charge in [-0.3, -0.25) is 4.99 Å². The van der Waals surface area contributed by atoms with Crippen molar-refractivity contribution in [3.05, 3.63) is 0 Å². The van der Waals surface area contributed by atoms with Crippen molar-refractivity contribution in [3.63, 3.8) is 0 Å². The van der Waals surface area contributed by atoms with E-state index in [1.165, 1.54) is 0 Å². The average Bonchev–Trinajstić information content (AvgIpc) is 2.05. The molecule has 0 spiro atoms. The summed E-state index contributed by atoms with van der Waals surface area (Å²) in [5, 5.41) is 2.90. The molecular formula is C8H19N5. The van der Waals surface area contributed by atoms with Crippen molar-refractivity contribution in [2.24, 2.45) is 9.98 Å². The summed E-state index contributed by atoms with van der Waals surface area (Å²) in [6, 6.07) is 0. The van der Waals surface area contributed by atoms with E-state index in [-0.39, 0.29) is 0 Å². The van der Waals surface area contributed by atoms with E-state index in [1.807, 2.05) is 38.0 Å². The SMILES string of the molecule is CN=C(N=C(N(C)C)N(C)C)NC. The standard InChI is InChI=1S/C8H19N5/c1-9-7(10-2)11-8(12(3)4)13(5)6/h1-6H3,(H,9,10). The smallest absolute Gasteiger partial charge is 0.220 e. The van der Waals surface area contributed by atoms with Crippen LogP contribution in [0.3, 0.4) is 0 Å². The Kier molecular flexibility index (Phi) is 4.87. The van der Waals surface area contributed by atoms with Gasteiger partial charge in [0.2, 0.25) is 11.9 Å². The van der Waals surface area contributed by atoms with Crippen LogP contribution >= 0.6 is 0 Å². The van der Waals surface area contributed by atoms with Crippen LogP contribution < -0.4 is 5.32 Å². The summed E-state index contributed by atoms with van der Waals surface area (Å²) in [6.45, 7) is 0. The molecule has 0 aliphatic heterocycles. The first-order valence-corrected chi connectivity index (χ1v) is 4.10. The molecule has 0 saturated carbocycles. The molecule has 0 aliphatic carbocycles. The lowest BCUT2D eigenvalue weighted by Gasteiger charge is -2.22. The second-order valence-corrected chi connectivity index (χ2v) is 3.00. The summed E-state index contributed by atoms with van der Waals surface area (Å²) in [7, 11) is 11.3. The highest BCUT2D eigenvalue weighted by molar-refractivity contribution is 5.94. The lowest BCUT2D eigenvalue weighted by atomic mass is 10.7. The van der Waals surface area contributed by atoms with Crippen LogP contribution in [0.1, 0.15) is 0 Å². The van der Waals surface area contributed by atoms with Gasteiger partial charge in [-0.05, 0) is 0 Å². The molecular weight excluding hydrogens is 166 g/mol. The first-order chi connectivity index (χ1) is 6.02. The summed E-state index contributed by atoms with van der Waals surface area (Å²) in [5.41, 5.74) is 0. The molecule has 0 radical (unpaired) electrons. The van der Waals surface area contributed by atoms with Gasteiger partial charge < -0.3 is 15.1 Å². The number of rotatable bonds is 0. The topological polar surface area (TPSA) is 43.2 Å². The maximum atomic E-state index is 4.32. The van der Waals surface area contributed by atoms with Crippen molar-refractivity contribution in [1.29, 1.82) is 0 Å². The minimum atomic E-state index is 0.623. The van der Waals surface area contributed by atoms with Gasteiger partial charge >= 0.3 is 0 Å². The maximum Gasteiger partial charge on any atom is 0.220 e. The van der Waals surface area contributed by atoms with Crippen LogP contribution in [0.25, 0.3) is 0 Å². The third-order valence-electron chi connectivity index (χ3n) is 1.44. The second-order valence-electron chi connectivity index (χ2n) is 3.00. The van der Waals surface area contributed by atoms with E-state index in [9.17, 15) is 0 Å². The fourth-order valence-corrected chi connectivity index (χ4v) is 0.912. The zero-order valence-electron chi connectivity index (χ0n) is 9.29. The quantitative estimate of drug-likeness (QED) is 0.415. The third-order valence-corrected chi connectivity index (χ3v) is 1.44. The monoisotopic (exact) mass is 185 g/mol. The molecule has 0 aromatic carbocycles. The number of aliphatic imine (C=N–C) groups is 2. The molecule has 0 saturated heterocycles. The molecule has 0 aromatic heterocycles. The van der Waals surface area contributed by atoms with Crippen LogP contribution in [0.2, 0.25) is 0 Å². The molecule has 13 heavy (non-hydrogen) atoms. The van der Waals surface area contributed by atoms with Gasteiger partial charge in [-0.25, -0.2) is 0 Å². The predicted octanol–water partition coefficient (Wildman–Crippen LogP) is -0.329. The summed E-state index contributed by atoms with van der Waals surface area (Å²) in [5.74, 6) is 1.48. The van der Waals surface area contributed by atoms with Gasteiger partial charge in [-0.1, -0.05) is 0 Å². The highest BCUT2D eigenvalue weighted by atomic mass is 15.3. The van der Waals surface area contributed by atoms with Gasteiger partial charge in [0.1, 0.15) is 0 Å². The fraction of sp³-hybridized carbons (Fsp3) is 0.750. The Balaban J connectivity index is 4.72. The van der Waals surface area contributed by atoms with E-state index >= 15 is 0 Å². The van der Waals surface area contributed by atoms with Gasteiger partial charge in [-0.2, -0.15) is 4.99 Å². The summed E-state index contributed by atoms with van der Waals surface area (Å²) in [6.07, 6.45) is 0. The van der Waals surface area contributed by atoms with Crippen LogP contribution in [0.15, 0.2) is 9.98 Å². The lowest BCUT2D eigenvalue weighted by molar-refractivity contribution is 0.485. The zero-order chi connectivity index (χ0) is 10.4. The Labute approximate surface area is 80.2 Å². The maximum absolute atomic E-state index is 4.32. The zero-order valence-corrected chi connectivity index (χ0v) is 9.29. The van der Waals surface area contributed by atoms with E-state index in [1.54, 1.807) is 14.1 Å². The van der Waals surface area contributed by atoms with Crippen molar-refractivity contribution >= 4 is 11.9 Å². The van der Waals surface area contributed by atoms with E-state index in [2.05, 4.69) is 15.3 Å². The second kappa shape index (κ2) is 5.40. The number of hydrogen-bond acceptors (Lipinski definition) is 1. The molecule has 0 rings (SSSR count). The lowest BCUT2D eigenvalue weighted by Crippen LogP contribution is -2.37. The molecule has 0 fully saturated rings. The Hall–Kier alpha value is -1.26.